The minimum atomic E-state index is 0.757. The molecule has 1 aliphatic carbocycles. The van der Waals surface area contributed by atoms with E-state index in [1.807, 2.05) is 24.3 Å². The zero-order valence-corrected chi connectivity index (χ0v) is 9.07. The summed E-state index contributed by atoms with van der Waals surface area (Å²) in [5.41, 5.74) is 8.78. The number of hydrogen-bond acceptors (Lipinski definition) is 3. The molecule has 2 N–H and O–H groups in total. The first-order chi connectivity index (χ1) is 7.81. The van der Waals surface area contributed by atoms with Gasteiger partial charge in [0.1, 0.15) is 5.76 Å². The molecule has 0 atom stereocenters. The Labute approximate surface area is 94.3 Å². The lowest BCUT2D eigenvalue weighted by atomic mass is 10.1. The first-order valence-electron chi connectivity index (χ1n) is 5.63. The van der Waals surface area contributed by atoms with Gasteiger partial charge in [0.15, 0.2) is 5.89 Å². The average molecular weight is 214 g/mol. The van der Waals surface area contributed by atoms with E-state index in [1.165, 1.54) is 12.0 Å². The molecule has 82 valence electrons. The van der Waals surface area contributed by atoms with Crippen LogP contribution in [0.2, 0.25) is 0 Å². The summed E-state index contributed by atoms with van der Waals surface area (Å²) in [7, 11) is 0. The van der Waals surface area contributed by atoms with Gasteiger partial charge in [-0.2, -0.15) is 0 Å². The third-order valence-electron chi connectivity index (χ3n) is 2.98. The summed E-state index contributed by atoms with van der Waals surface area (Å²) in [4.78, 5) is 4.51. The Morgan fingerprint density at radius 2 is 2.00 bits per heavy atom. The van der Waals surface area contributed by atoms with Crippen molar-refractivity contribution in [3.8, 4) is 0 Å². The fraction of sp³-hybridized carbons (Fsp3) is 0.308. The van der Waals surface area contributed by atoms with Crippen LogP contribution in [0.3, 0.4) is 0 Å². The van der Waals surface area contributed by atoms with Crippen LogP contribution < -0.4 is 5.73 Å². The molecule has 0 saturated heterocycles. The predicted octanol–water partition coefficient (Wildman–Crippen LogP) is 2.34. The number of aryl methyl sites for hydroxylation is 2. The zero-order chi connectivity index (χ0) is 11.0. The van der Waals surface area contributed by atoms with Crippen molar-refractivity contribution < 1.29 is 4.42 Å². The quantitative estimate of drug-likeness (QED) is 0.780. The summed E-state index contributed by atoms with van der Waals surface area (Å²) in [5, 5.41) is 0. The van der Waals surface area contributed by atoms with Gasteiger partial charge in [0, 0.05) is 18.5 Å². The molecular formula is C13H14N2O. The molecule has 3 nitrogen and oxygen atoms in total. The smallest absolute Gasteiger partial charge is 0.199 e. The van der Waals surface area contributed by atoms with Crippen molar-refractivity contribution in [1.82, 2.24) is 4.98 Å². The maximum absolute atomic E-state index is 5.72. The minimum absolute atomic E-state index is 0.757. The summed E-state index contributed by atoms with van der Waals surface area (Å²) in [6.45, 7) is 0. The van der Waals surface area contributed by atoms with E-state index in [9.17, 15) is 0 Å². The Bertz CT molecular complexity index is 478. The molecule has 0 aliphatic heterocycles. The van der Waals surface area contributed by atoms with Crippen molar-refractivity contribution >= 4 is 5.69 Å². The third kappa shape index (κ3) is 1.69. The molecule has 0 bridgehead atoms. The second kappa shape index (κ2) is 3.67. The zero-order valence-electron chi connectivity index (χ0n) is 9.07. The fourth-order valence-electron chi connectivity index (χ4n) is 2.13. The molecule has 0 fully saturated rings. The van der Waals surface area contributed by atoms with Gasteiger partial charge in [-0.1, -0.05) is 12.1 Å². The second-order valence-electron chi connectivity index (χ2n) is 4.25. The van der Waals surface area contributed by atoms with Gasteiger partial charge < -0.3 is 10.2 Å². The number of oxazole rings is 1. The summed E-state index contributed by atoms with van der Waals surface area (Å²) >= 11 is 0. The van der Waals surface area contributed by atoms with Gasteiger partial charge >= 0.3 is 0 Å². The topological polar surface area (TPSA) is 52.0 Å². The largest absolute Gasteiger partial charge is 0.445 e. The lowest BCUT2D eigenvalue weighted by Crippen LogP contribution is -1.91. The lowest BCUT2D eigenvalue weighted by molar-refractivity contribution is 0.466. The van der Waals surface area contributed by atoms with E-state index in [-0.39, 0.29) is 0 Å². The van der Waals surface area contributed by atoms with Gasteiger partial charge in [0.25, 0.3) is 0 Å². The summed E-state index contributed by atoms with van der Waals surface area (Å²) < 4.78 is 5.72. The summed E-state index contributed by atoms with van der Waals surface area (Å²) in [6, 6.07) is 7.85. The van der Waals surface area contributed by atoms with Crippen LogP contribution in [0.1, 0.15) is 29.3 Å². The Morgan fingerprint density at radius 1 is 1.19 bits per heavy atom. The molecule has 0 spiro atoms. The van der Waals surface area contributed by atoms with E-state index in [4.69, 9.17) is 10.2 Å². The van der Waals surface area contributed by atoms with Crippen LogP contribution in [-0.4, -0.2) is 4.98 Å². The highest BCUT2D eigenvalue weighted by molar-refractivity contribution is 5.39. The summed E-state index contributed by atoms with van der Waals surface area (Å²) in [5.74, 6) is 1.92. The number of aromatic nitrogens is 1. The van der Waals surface area contributed by atoms with E-state index in [0.29, 0.717) is 0 Å². The van der Waals surface area contributed by atoms with E-state index in [0.717, 1.165) is 42.3 Å². The highest BCUT2D eigenvalue weighted by Crippen LogP contribution is 2.23. The number of anilines is 1. The highest BCUT2D eigenvalue weighted by Gasteiger charge is 2.18. The number of nitrogens with two attached hydrogens (primary N) is 1. The molecule has 1 aromatic heterocycles. The highest BCUT2D eigenvalue weighted by atomic mass is 16.4. The number of benzene rings is 1. The molecule has 3 heteroatoms. The van der Waals surface area contributed by atoms with Crippen LogP contribution >= 0.6 is 0 Å². The van der Waals surface area contributed by atoms with Gasteiger partial charge in [-0.3, -0.25) is 0 Å². The van der Waals surface area contributed by atoms with Crippen LogP contribution in [-0.2, 0) is 19.3 Å². The van der Waals surface area contributed by atoms with Crippen LogP contribution in [0, 0.1) is 0 Å². The standard InChI is InChI=1S/C13H14N2O/c14-10-6-4-9(5-7-10)8-13-15-11-2-1-3-12(11)16-13/h4-7H,1-3,8,14H2. The average Bonchev–Trinajstić information content (AvgIpc) is 2.81. The van der Waals surface area contributed by atoms with Gasteiger partial charge in [0.05, 0.1) is 5.69 Å². The monoisotopic (exact) mass is 214 g/mol. The SMILES string of the molecule is Nc1ccc(Cc2nc3c(o2)CCC3)cc1. The normalized spacial score (nSPS) is 14.0. The Morgan fingerprint density at radius 3 is 2.75 bits per heavy atom. The van der Waals surface area contributed by atoms with Crippen LogP contribution in [0.15, 0.2) is 28.7 Å². The third-order valence-corrected chi connectivity index (χ3v) is 2.98. The van der Waals surface area contributed by atoms with E-state index in [1.54, 1.807) is 0 Å². The van der Waals surface area contributed by atoms with Crippen molar-refractivity contribution in [2.24, 2.45) is 0 Å². The molecule has 0 amide bonds. The molecule has 3 rings (SSSR count). The first-order valence-corrected chi connectivity index (χ1v) is 5.63. The van der Waals surface area contributed by atoms with Gasteiger partial charge in [-0.25, -0.2) is 4.98 Å². The Balaban J connectivity index is 1.81. The van der Waals surface area contributed by atoms with Crippen molar-refractivity contribution in [3.05, 3.63) is 47.2 Å². The molecule has 1 aromatic carbocycles. The lowest BCUT2D eigenvalue weighted by Gasteiger charge is -1.98. The second-order valence-corrected chi connectivity index (χ2v) is 4.25. The van der Waals surface area contributed by atoms with Crippen molar-refractivity contribution in [1.29, 1.82) is 0 Å². The number of hydrogen-bond donors (Lipinski definition) is 1. The maximum Gasteiger partial charge on any atom is 0.199 e. The predicted molar refractivity (Wildman–Crippen MR) is 62.2 cm³/mol. The Hall–Kier alpha value is -1.77. The van der Waals surface area contributed by atoms with Crippen molar-refractivity contribution in [2.75, 3.05) is 5.73 Å². The number of nitrogens with zero attached hydrogens (tertiary/aromatic N) is 1. The van der Waals surface area contributed by atoms with E-state index in [2.05, 4.69) is 4.98 Å². The molecule has 16 heavy (non-hydrogen) atoms. The summed E-state index contributed by atoms with van der Waals surface area (Å²) in [6.07, 6.45) is 4.06. The van der Waals surface area contributed by atoms with Crippen LogP contribution in [0.4, 0.5) is 5.69 Å². The van der Waals surface area contributed by atoms with Gasteiger partial charge in [0.2, 0.25) is 0 Å². The molecule has 0 radical (unpaired) electrons. The minimum Gasteiger partial charge on any atom is -0.445 e. The fourth-order valence-corrected chi connectivity index (χ4v) is 2.13. The molecule has 2 aromatic rings. The number of nitrogen functional groups attached to an aromatic ring is 1. The first kappa shape index (κ1) is 9.46. The van der Waals surface area contributed by atoms with Crippen LogP contribution in [0.25, 0.3) is 0 Å². The van der Waals surface area contributed by atoms with E-state index < -0.39 is 0 Å². The molecule has 1 heterocycles. The van der Waals surface area contributed by atoms with Gasteiger partial charge in [-0.05, 0) is 30.5 Å². The molecule has 0 unspecified atom stereocenters. The van der Waals surface area contributed by atoms with Crippen molar-refractivity contribution in [2.45, 2.75) is 25.7 Å². The van der Waals surface area contributed by atoms with Crippen molar-refractivity contribution in [3.63, 3.8) is 0 Å². The number of fused-ring (bicyclic) bond motifs is 1. The van der Waals surface area contributed by atoms with E-state index >= 15 is 0 Å². The Kier molecular flexibility index (Phi) is 2.17. The van der Waals surface area contributed by atoms with Crippen LogP contribution in [0.5, 0.6) is 0 Å². The molecule has 1 aliphatic rings. The van der Waals surface area contributed by atoms with Gasteiger partial charge in [-0.15, -0.1) is 0 Å². The molecular weight excluding hydrogens is 200 g/mol. The maximum atomic E-state index is 5.72. The molecule has 0 saturated carbocycles. The number of rotatable bonds is 2.